The van der Waals surface area contributed by atoms with Gasteiger partial charge in [-0.1, -0.05) is 27.7 Å². The Labute approximate surface area is 120 Å². The molecule has 0 fully saturated rings. The molecule has 1 aromatic carbocycles. The summed E-state index contributed by atoms with van der Waals surface area (Å²) in [5, 5.41) is 0. The largest absolute Gasteiger partial charge is 0.490 e. The van der Waals surface area contributed by atoms with Crippen LogP contribution in [0.15, 0.2) is 23.1 Å². The van der Waals surface area contributed by atoms with Gasteiger partial charge in [-0.15, -0.1) is 0 Å². The van der Waals surface area contributed by atoms with Gasteiger partial charge < -0.3 is 4.74 Å². The van der Waals surface area contributed by atoms with E-state index in [0.717, 1.165) is 24.2 Å². The highest BCUT2D eigenvalue weighted by Crippen LogP contribution is 2.31. The van der Waals surface area contributed by atoms with Crippen molar-refractivity contribution in [1.82, 2.24) is 0 Å². The normalized spacial score (nSPS) is 12.2. The average molecular weight is 305 g/mol. The molecule has 0 amide bonds. The maximum Gasteiger partial charge on any atom is 0.261 e. The molecular formula is C14H21ClO3S. The zero-order chi connectivity index (χ0) is 14.6. The monoisotopic (exact) mass is 304 g/mol. The fourth-order valence-electron chi connectivity index (χ4n) is 1.87. The lowest BCUT2D eigenvalue weighted by Gasteiger charge is -2.20. The molecule has 1 rings (SSSR count). The molecule has 0 aliphatic rings. The number of benzene rings is 1. The highest BCUT2D eigenvalue weighted by Gasteiger charge is 2.17. The Morgan fingerprint density at radius 1 is 1.21 bits per heavy atom. The van der Waals surface area contributed by atoms with Crippen LogP contribution in [0.1, 0.15) is 52.0 Å². The molecule has 0 saturated carbocycles. The molecule has 0 unspecified atom stereocenters. The van der Waals surface area contributed by atoms with Crippen LogP contribution in [0.3, 0.4) is 0 Å². The van der Waals surface area contributed by atoms with Crippen molar-refractivity contribution in [1.29, 1.82) is 0 Å². The molecule has 0 N–H and O–H groups in total. The van der Waals surface area contributed by atoms with E-state index in [-0.39, 0.29) is 16.9 Å². The standard InChI is InChI=1S/C14H21ClO3S/c1-5-11(6-2)18-14-8-7-12(19(15,16)17)9-13(14)10(3)4/h7-11H,5-6H2,1-4H3. The fourth-order valence-corrected chi connectivity index (χ4v) is 2.66. The van der Waals surface area contributed by atoms with Crippen molar-refractivity contribution in [3.05, 3.63) is 23.8 Å². The third-order valence-corrected chi connectivity index (χ3v) is 4.44. The molecule has 0 aliphatic carbocycles. The topological polar surface area (TPSA) is 43.4 Å². The van der Waals surface area contributed by atoms with Crippen LogP contribution in [-0.4, -0.2) is 14.5 Å². The Hall–Kier alpha value is -0.740. The van der Waals surface area contributed by atoms with Gasteiger partial charge in [0.15, 0.2) is 0 Å². The molecule has 0 saturated heterocycles. The van der Waals surface area contributed by atoms with Crippen LogP contribution < -0.4 is 4.74 Å². The Morgan fingerprint density at radius 3 is 2.21 bits per heavy atom. The second-order valence-electron chi connectivity index (χ2n) is 4.85. The lowest BCUT2D eigenvalue weighted by atomic mass is 10.0. The van der Waals surface area contributed by atoms with Crippen molar-refractivity contribution in [2.45, 2.75) is 57.5 Å². The van der Waals surface area contributed by atoms with Gasteiger partial charge in [0.2, 0.25) is 0 Å². The van der Waals surface area contributed by atoms with E-state index < -0.39 is 9.05 Å². The average Bonchev–Trinajstić information content (AvgIpc) is 2.34. The van der Waals surface area contributed by atoms with Crippen molar-refractivity contribution in [2.75, 3.05) is 0 Å². The molecule has 1 aromatic rings. The Morgan fingerprint density at radius 2 is 1.79 bits per heavy atom. The Kier molecular flexibility index (Phi) is 5.68. The van der Waals surface area contributed by atoms with Crippen molar-refractivity contribution < 1.29 is 13.2 Å². The van der Waals surface area contributed by atoms with E-state index in [9.17, 15) is 8.42 Å². The summed E-state index contributed by atoms with van der Waals surface area (Å²) in [6.07, 6.45) is 1.99. The molecule has 19 heavy (non-hydrogen) atoms. The van der Waals surface area contributed by atoms with E-state index in [0.29, 0.717) is 0 Å². The molecule has 108 valence electrons. The summed E-state index contributed by atoms with van der Waals surface area (Å²) in [5.74, 6) is 0.912. The van der Waals surface area contributed by atoms with Gasteiger partial charge in [0, 0.05) is 10.7 Å². The first-order chi connectivity index (χ1) is 8.79. The summed E-state index contributed by atoms with van der Waals surface area (Å²) in [6.45, 7) is 8.14. The summed E-state index contributed by atoms with van der Waals surface area (Å²) in [7, 11) is 1.68. The van der Waals surface area contributed by atoms with E-state index >= 15 is 0 Å². The van der Waals surface area contributed by atoms with Crippen LogP contribution in [-0.2, 0) is 9.05 Å². The number of halogens is 1. The number of hydrogen-bond donors (Lipinski definition) is 0. The first-order valence-corrected chi connectivity index (χ1v) is 8.85. The predicted octanol–water partition coefficient (Wildman–Crippen LogP) is 4.30. The molecule has 0 radical (unpaired) electrons. The van der Waals surface area contributed by atoms with E-state index in [1.807, 2.05) is 13.8 Å². The van der Waals surface area contributed by atoms with Gasteiger partial charge in [-0.3, -0.25) is 0 Å². The quantitative estimate of drug-likeness (QED) is 0.736. The molecule has 0 heterocycles. The minimum Gasteiger partial charge on any atom is -0.490 e. The molecule has 5 heteroatoms. The van der Waals surface area contributed by atoms with Gasteiger partial charge in [-0.05, 0) is 42.5 Å². The van der Waals surface area contributed by atoms with Gasteiger partial charge in [-0.25, -0.2) is 8.42 Å². The summed E-state index contributed by atoms with van der Waals surface area (Å²) >= 11 is 0. The lowest BCUT2D eigenvalue weighted by Crippen LogP contribution is -2.15. The van der Waals surface area contributed by atoms with E-state index in [1.54, 1.807) is 12.1 Å². The Balaban J connectivity index is 3.19. The zero-order valence-electron chi connectivity index (χ0n) is 11.8. The zero-order valence-corrected chi connectivity index (χ0v) is 13.4. The first kappa shape index (κ1) is 16.3. The van der Waals surface area contributed by atoms with E-state index in [4.69, 9.17) is 15.4 Å². The summed E-state index contributed by atoms with van der Waals surface area (Å²) in [4.78, 5) is 0.120. The van der Waals surface area contributed by atoms with Crippen molar-refractivity contribution in [3.63, 3.8) is 0 Å². The Bertz CT molecular complexity index is 519. The molecule has 3 nitrogen and oxygen atoms in total. The molecule has 0 bridgehead atoms. The third-order valence-electron chi connectivity index (χ3n) is 3.09. The molecule has 0 aromatic heterocycles. The van der Waals surface area contributed by atoms with Crippen molar-refractivity contribution >= 4 is 19.7 Å². The maximum atomic E-state index is 11.4. The van der Waals surface area contributed by atoms with Gasteiger partial charge in [0.1, 0.15) is 5.75 Å². The van der Waals surface area contributed by atoms with Crippen LogP contribution in [0, 0.1) is 0 Å². The maximum absolute atomic E-state index is 11.4. The minimum absolute atomic E-state index is 0.120. The second kappa shape index (κ2) is 6.62. The lowest BCUT2D eigenvalue weighted by molar-refractivity contribution is 0.190. The third kappa shape index (κ3) is 4.39. The molecule has 0 spiro atoms. The highest BCUT2D eigenvalue weighted by atomic mass is 35.7. The van der Waals surface area contributed by atoms with E-state index in [1.165, 1.54) is 6.07 Å². The summed E-state index contributed by atoms with van der Waals surface area (Å²) in [6, 6.07) is 4.79. The van der Waals surface area contributed by atoms with Gasteiger partial charge in [0.25, 0.3) is 9.05 Å². The second-order valence-corrected chi connectivity index (χ2v) is 7.41. The van der Waals surface area contributed by atoms with Crippen LogP contribution >= 0.6 is 10.7 Å². The van der Waals surface area contributed by atoms with Gasteiger partial charge in [-0.2, -0.15) is 0 Å². The first-order valence-electron chi connectivity index (χ1n) is 6.54. The van der Waals surface area contributed by atoms with Crippen LogP contribution in [0.25, 0.3) is 0 Å². The number of ether oxygens (including phenoxy) is 1. The summed E-state index contributed by atoms with van der Waals surface area (Å²) < 4.78 is 28.7. The van der Waals surface area contributed by atoms with Crippen molar-refractivity contribution in [2.24, 2.45) is 0 Å². The van der Waals surface area contributed by atoms with Crippen molar-refractivity contribution in [3.8, 4) is 5.75 Å². The van der Waals surface area contributed by atoms with Crippen LogP contribution in [0.5, 0.6) is 5.75 Å². The van der Waals surface area contributed by atoms with E-state index in [2.05, 4.69) is 13.8 Å². The number of hydrogen-bond acceptors (Lipinski definition) is 3. The minimum atomic E-state index is -3.70. The number of rotatable bonds is 6. The predicted molar refractivity (Wildman–Crippen MR) is 78.6 cm³/mol. The molecule has 0 atom stereocenters. The smallest absolute Gasteiger partial charge is 0.261 e. The molecular weight excluding hydrogens is 284 g/mol. The van der Waals surface area contributed by atoms with Gasteiger partial charge in [0.05, 0.1) is 11.0 Å². The van der Waals surface area contributed by atoms with Gasteiger partial charge >= 0.3 is 0 Å². The van der Waals surface area contributed by atoms with Crippen LogP contribution in [0.2, 0.25) is 0 Å². The SMILES string of the molecule is CCC(CC)Oc1ccc(S(=O)(=O)Cl)cc1C(C)C. The van der Waals surface area contributed by atoms with Crippen LogP contribution in [0.4, 0.5) is 0 Å². The summed E-state index contributed by atoms with van der Waals surface area (Å²) in [5.41, 5.74) is 0.869. The molecule has 0 aliphatic heterocycles. The fraction of sp³-hybridized carbons (Fsp3) is 0.571. The highest BCUT2D eigenvalue weighted by molar-refractivity contribution is 8.13.